The second-order valence-electron chi connectivity index (χ2n) is 3.14. The predicted molar refractivity (Wildman–Crippen MR) is 62.1 cm³/mol. The van der Waals surface area contributed by atoms with Gasteiger partial charge in [-0.1, -0.05) is 23.8 Å². The molecule has 0 atom stereocenters. The van der Waals surface area contributed by atoms with Crippen LogP contribution in [0, 0.1) is 0 Å². The van der Waals surface area contributed by atoms with E-state index in [-0.39, 0.29) is 0 Å². The average molecular weight is 240 g/mol. The van der Waals surface area contributed by atoms with Crippen molar-refractivity contribution in [3.8, 4) is 0 Å². The second-order valence-corrected chi connectivity index (χ2v) is 4.00. The molecule has 1 N–H and O–H groups in total. The van der Waals surface area contributed by atoms with Crippen LogP contribution in [0.25, 0.3) is 0 Å². The van der Waals surface area contributed by atoms with E-state index >= 15 is 0 Å². The summed E-state index contributed by atoms with van der Waals surface area (Å²) in [5.74, 6) is 0. The molecule has 0 bridgehead atoms. The molecule has 0 heterocycles. The third-order valence-electron chi connectivity index (χ3n) is 1.68. The number of rotatable bonds is 3. The van der Waals surface area contributed by atoms with Gasteiger partial charge in [0.2, 0.25) is 0 Å². The zero-order valence-electron chi connectivity index (χ0n) is 7.97. The first kappa shape index (κ1) is 10.3. The van der Waals surface area contributed by atoms with Crippen LogP contribution in [0.4, 0.5) is 5.69 Å². The largest absolute Gasteiger partial charge is 0.381 e. The first-order chi connectivity index (χ1) is 6.20. The molecular formula is C11H14BrN. The molecular weight excluding hydrogens is 226 g/mol. The lowest BCUT2D eigenvalue weighted by molar-refractivity contribution is 1.26. The SMILES string of the molecule is CC(C)=CCNc1ccccc1Br. The van der Waals surface area contributed by atoms with E-state index < -0.39 is 0 Å². The summed E-state index contributed by atoms with van der Waals surface area (Å²) in [6, 6.07) is 8.12. The average Bonchev–Trinajstić information content (AvgIpc) is 2.08. The van der Waals surface area contributed by atoms with Crippen LogP contribution in [0.2, 0.25) is 0 Å². The lowest BCUT2D eigenvalue weighted by atomic mass is 10.3. The summed E-state index contributed by atoms with van der Waals surface area (Å²) in [4.78, 5) is 0. The Labute approximate surface area is 88.0 Å². The number of allylic oxidation sites excluding steroid dienone is 1. The summed E-state index contributed by atoms with van der Waals surface area (Å²) in [7, 11) is 0. The molecule has 0 radical (unpaired) electrons. The highest BCUT2D eigenvalue weighted by Crippen LogP contribution is 2.20. The fourth-order valence-electron chi connectivity index (χ4n) is 0.970. The minimum absolute atomic E-state index is 0.880. The summed E-state index contributed by atoms with van der Waals surface area (Å²) in [6.07, 6.45) is 2.17. The van der Waals surface area contributed by atoms with Gasteiger partial charge in [0.05, 0.1) is 0 Å². The van der Waals surface area contributed by atoms with Crippen LogP contribution in [0.15, 0.2) is 40.4 Å². The molecule has 0 spiro atoms. The van der Waals surface area contributed by atoms with E-state index in [0.717, 1.165) is 16.7 Å². The zero-order chi connectivity index (χ0) is 9.68. The van der Waals surface area contributed by atoms with Crippen LogP contribution in [0.1, 0.15) is 13.8 Å². The lowest BCUT2D eigenvalue weighted by Gasteiger charge is -2.05. The number of anilines is 1. The Kier molecular flexibility index (Phi) is 4.03. The molecule has 0 unspecified atom stereocenters. The van der Waals surface area contributed by atoms with Crippen LogP contribution in [-0.2, 0) is 0 Å². The van der Waals surface area contributed by atoms with Crippen LogP contribution in [-0.4, -0.2) is 6.54 Å². The summed E-state index contributed by atoms with van der Waals surface area (Å²) in [5, 5.41) is 3.32. The van der Waals surface area contributed by atoms with E-state index in [9.17, 15) is 0 Å². The lowest BCUT2D eigenvalue weighted by Crippen LogP contribution is -1.98. The second kappa shape index (κ2) is 5.07. The summed E-state index contributed by atoms with van der Waals surface area (Å²) >= 11 is 3.48. The molecule has 1 aromatic carbocycles. The quantitative estimate of drug-likeness (QED) is 0.792. The molecule has 1 aromatic rings. The van der Waals surface area contributed by atoms with Gasteiger partial charge in [0, 0.05) is 16.7 Å². The zero-order valence-corrected chi connectivity index (χ0v) is 9.56. The van der Waals surface area contributed by atoms with Crippen molar-refractivity contribution in [3.63, 3.8) is 0 Å². The van der Waals surface area contributed by atoms with Crippen molar-refractivity contribution in [1.82, 2.24) is 0 Å². The Morgan fingerprint density at radius 3 is 2.69 bits per heavy atom. The van der Waals surface area contributed by atoms with Gasteiger partial charge in [0.25, 0.3) is 0 Å². The molecule has 0 saturated carbocycles. The predicted octanol–water partition coefficient (Wildman–Crippen LogP) is 3.83. The Balaban J connectivity index is 2.55. The monoisotopic (exact) mass is 239 g/mol. The first-order valence-corrected chi connectivity index (χ1v) is 5.11. The van der Waals surface area contributed by atoms with Gasteiger partial charge in [0.15, 0.2) is 0 Å². The number of hydrogen-bond donors (Lipinski definition) is 1. The van der Waals surface area contributed by atoms with E-state index in [1.807, 2.05) is 18.2 Å². The maximum atomic E-state index is 3.48. The summed E-state index contributed by atoms with van der Waals surface area (Å²) in [6.45, 7) is 5.08. The third-order valence-corrected chi connectivity index (χ3v) is 2.37. The van der Waals surface area contributed by atoms with Gasteiger partial charge in [-0.2, -0.15) is 0 Å². The van der Waals surface area contributed by atoms with Gasteiger partial charge in [-0.05, 0) is 41.9 Å². The van der Waals surface area contributed by atoms with E-state index in [2.05, 4.69) is 47.2 Å². The highest BCUT2D eigenvalue weighted by molar-refractivity contribution is 9.10. The van der Waals surface area contributed by atoms with E-state index in [4.69, 9.17) is 0 Å². The van der Waals surface area contributed by atoms with Crippen LogP contribution < -0.4 is 5.32 Å². The molecule has 0 amide bonds. The van der Waals surface area contributed by atoms with Crippen molar-refractivity contribution in [2.75, 3.05) is 11.9 Å². The molecule has 70 valence electrons. The standard InChI is InChI=1S/C11H14BrN/c1-9(2)7-8-13-11-6-4-3-5-10(11)12/h3-7,13H,8H2,1-2H3. The molecule has 2 heteroatoms. The van der Waals surface area contributed by atoms with Crippen molar-refractivity contribution in [3.05, 3.63) is 40.4 Å². The van der Waals surface area contributed by atoms with Crippen LogP contribution >= 0.6 is 15.9 Å². The van der Waals surface area contributed by atoms with E-state index in [1.54, 1.807) is 0 Å². The van der Waals surface area contributed by atoms with E-state index in [0.29, 0.717) is 0 Å². The molecule has 0 aromatic heterocycles. The molecule has 0 saturated heterocycles. The molecule has 1 rings (SSSR count). The van der Waals surface area contributed by atoms with Gasteiger partial charge in [-0.3, -0.25) is 0 Å². The smallest absolute Gasteiger partial charge is 0.0487 e. The van der Waals surface area contributed by atoms with Gasteiger partial charge in [-0.15, -0.1) is 0 Å². The molecule has 1 nitrogen and oxygen atoms in total. The minimum Gasteiger partial charge on any atom is -0.381 e. The highest BCUT2D eigenvalue weighted by atomic mass is 79.9. The van der Waals surface area contributed by atoms with E-state index in [1.165, 1.54) is 5.57 Å². The minimum atomic E-state index is 0.880. The van der Waals surface area contributed by atoms with Crippen molar-refractivity contribution in [2.24, 2.45) is 0 Å². The fourth-order valence-corrected chi connectivity index (χ4v) is 1.39. The fraction of sp³-hybridized carbons (Fsp3) is 0.273. The van der Waals surface area contributed by atoms with Crippen LogP contribution in [0.3, 0.4) is 0 Å². The van der Waals surface area contributed by atoms with Gasteiger partial charge in [-0.25, -0.2) is 0 Å². The molecule has 0 aliphatic carbocycles. The number of para-hydroxylation sites is 1. The van der Waals surface area contributed by atoms with Crippen molar-refractivity contribution in [1.29, 1.82) is 0 Å². The van der Waals surface area contributed by atoms with Gasteiger partial charge in [0.1, 0.15) is 0 Å². The van der Waals surface area contributed by atoms with Gasteiger partial charge < -0.3 is 5.32 Å². The summed E-state index contributed by atoms with van der Waals surface area (Å²) < 4.78 is 1.11. The molecule has 0 aliphatic heterocycles. The maximum Gasteiger partial charge on any atom is 0.0487 e. The maximum absolute atomic E-state index is 3.48. The van der Waals surface area contributed by atoms with Crippen molar-refractivity contribution < 1.29 is 0 Å². The Hall–Kier alpha value is -0.760. The number of nitrogens with one attached hydrogen (secondary N) is 1. The van der Waals surface area contributed by atoms with Crippen molar-refractivity contribution in [2.45, 2.75) is 13.8 Å². The summed E-state index contributed by atoms with van der Waals surface area (Å²) in [5.41, 5.74) is 2.47. The Bertz CT molecular complexity index is 301. The number of hydrogen-bond acceptors (Lipinski definition) is 1. The Morgan fingerprint density at radius 2 is 2.08 bits per heavy atom. The number of halogens is 1. The Morgan fingerprint density at radius 1 is 1.38 bits per heavy atom. The topological polar surface area (TPSA) is 12.0 Å². The third kappa shape index (κ3) is 3.64. The number of benzene rings is 1. The van der Waals surface area contributed by atoms with Crippen LogP contribution in [0.5, 0.6) is 0 Å². The normalized spacial score (nSPS) is 9.46. The molecule has 13 heavy (non-hydrogen) atoms. The van der Waals surface area contributed by atoms with Gasteiger partial charge >= 0.3 is 0 Å². The highest BCUT2D eigenvalue weighted by Gasteiger charge is 1.94. The van der Waals surface area contributed by atoms with Crippen molar-refractivity contribution >= 4 is 21.6 Å². The molecule has 0 fully saturated rings. The molecule has 0 aliphatic rings. The first-order valence-electron chi connectivity index (χ1n) is 4.32.